The average Bonchev–Trinajstić information content (AvgIpc) is 2.82. The van der Waals surface area contributed by atoms with Crippen LogP contribution < -0.4 is 9.47 Å². The van der Waals surface area contributed by atoms with Crippen LogP contribution >= 0.6 is 0 Å². The average molecular weight is 219 g/mol. The normalized spacial score (nSPS) is 16.9. The molecule has 0 saturated carbocycles. The molecule has 2 amide bonds. The molecular weight excluding hydrogens is 210 g/mol. The van der Waals surface area contributed by atoms with E-state index in [1.807, 2.05) is 0 Å². The lowest BCUT2D eigenvalue weighted by atomic mass is 10.1. The Kier molecular flexibility index (Phi) is 1.71. The van der Waals surface area contributed by atoms with Gasteiger partial charge in [0.2, 0.25) is 6.79 Å². The molecule has 0 bridgehead atoms. The Labute approximate surface area is 91.6 Å². The molecule has 16 heavy (non-hydrogen) atoms. The van der Waals surface area contributed by atoms with Gasteiger partial charge >= 0.3 is 0 Å². The second-order valence-corrected chi connectivity index (χ2v) is 3.61. The second kappa shape index (κ2) is 2.98. The molecule has 0 N–H and O–H groups in total. The number of hydrogen-bond donors (Lipinski definition) is 0. The van der Waals surface area contributed by atoms with Crippen molar-refractivity contribution in [1.82, 2.24) is 4.90 Å². The van der Waals surface area contributed by atoms with E-state index < -0.39 is 0 Å². The van der Waals surface area contributed by atoms with Gasteiger partial charge in [-0.3, -0.25) is 14.5 Å². The van der Waals surface area contributed by atoms with Crippen molar-refractivity contribution in [2.45, 2.75) is 6.92 Å². The smallest absolute Gasteiger partial charge is 0.261 e. The second-order valence-electron chi connectivity index (χ2n) is 3.61. The van der Waals surface area contributed by atoms with E-state index in [4.69, 9.17) is 9.47 Å². The first-order chi connectivity index (χ1) is 7.72. The van der Waals surface area contributed by atoms with Crippen LogP contribution in [0.2, 0.25) is 0 Å². The third-order valence-electron chi connectivity index (χ3n) is 2.78. The minimum atomic E-state index is -0.263. The molecule has 1 aromatic carbocycles. The summed E-state index contributed by atoms with van der Waals surface area (Å²) < 4.78 is 10.3. The van der Waals surface area contributed by atoms with Crippen molar-refractivity contribution < 1.29 is 19.1 Å². The number of benzene rings is 1. The number of fused-ring (bicyclic) bond motifs is 2. The molecule has 0 saturated heterocycles. The van der Waals surface area contributed by atoms with E-state index in [-0.39, 0.29) is 18.6 Å². The first kappa shape index (κ1) is 9.21. The van der Waals surface area contributed by atoms with E-state index in [1.165, 1.54) is 4.90 Å². The van der Waals surface area contributed by atoms with Crippen LogP contribution in [0, 0.1) is 0 Å². The van der Waals surface area contributed by atoms with Gasteiger partial charge in [-0.15, -0.1) is 0 Å². The van der Waals surface area contributed by atoms with Gasteiger partial charge in [0.15, 0.2) is 11.5 Å². The van der Waals surface area contributed by atoms with Crippen LogP contribution in [0.4, 0.5) is 0 Å². The molecule has 0 unspecified atom stereocenters. The molecule has 3 rings (SSSR count). The Morgan fingerprint density at radius 2 is 1.62 bits per heavy atom. The number of rotatable bonds is 1. The number of carbonyl (C=O) groups is 2. The number of carbonyl (C=O) groups excluding carboxylic acids is 2. The van der Waals surface area contributed by atoms with Crippen LogP contribution in [0.3, 0.4) is 0 Å². The van der Waals surface area contributed by atoms with Crippen molar-refractivity contribution in [3.8, 4) is 11.5 Å². The third kappa shape index (κ3) is 0.997. The van der Waals surface area contributed by atoms with Crippen molar-refractivity contribution in [3.05, 3.63) is 23.3 Å². The Balaban J connectivity index is 2.18. The molecule has 2 heterocycles. The lowest BCUT2D eigenvalue weighted by Gasteiger charge is -2.08. The zero-order valence-corrected chi connectivity index (χ0v) is 8.65. The Morgan fingerprint density at radius 1 is 1.12 bits per heavy atom. The summed E-state index contributed by atoms with van der Waals surface area (Å²) in [6, 6.07) is 3.15. The first-order valence-corrected chi connectivity index (χ1v) is 5.02. The summed E-state index contributed by atoms with van der Waals surface area (Å²) in [5, 5.41) is 0. The maximum Gasteiger partial charge on any atom is 0.261 e. The van der Waals surface area contributed by atoms with E-state index in [1.54, 1.807) is 19.1 Å². The number of hydrogen-bond acceptors (Lipinski definition) is 4. The van der Waals surface area contributed by atoms with Crippen molar-refractivity contribution in [1.29, 1.82) is 0 Å². The van der Waals surface area contributed by atoms with Crippen LogP contribution in [-0.4, -0.2) is 30.1 Å². The molecule has 0 spiro atoms. The topological polar surface area (TPSA) is 55.8 Å². The molecule has 0 atom stereocenters. The Morgan fingerprint density at radius 3 is 2.06 bits per heavy atom. The largest absolute Gasteiger partial charge is 0.454 e. The highest BCUT2D eigenvalue weighted by atomic mass is 16.7. The molecular formula is C11H9NO4. The van der Waals surface area contributed by atoms with Crippen molar-refractivity contribution in [3.63, 3.8) is 0 Å². The Bertz CT molecular complexity index is 466. The summed E-state index contributed by atoms with van der Waals surface area (Å²) in [6.07, 6.45) is 0. The number of amides is 2. The highest BCUT2D eigenvalue weighted by Gasteiger charge is 2.36. The summed E-state index contributed by atoms with van der Waals surface area (Å²) in [7, 11) is 0. The predicted molar refractivity (Wildman–Crippen MR) is 53.6 cm³/mol. The summed E-state index contributed by atoms with van der Waals surface area (Å²) >= 11 is 0. The number of ether oxygens (including phenoxy) is 2. The summed E-state index contributed by atoms with van der Waals surface area (Å²) in [6.45, 7) is 2.28. The van der Waals surface area contributed by atoms with Gasteiger partial charge in [-0.2, -0.15) is 0 Å². The maximum atomic E-state index is 11.8. The highest BCUT2D eigenvalue weighted by Crippen LogP contribution is 2.37. The summed E-state index contributed by atoms with van der Waals surface area (Å²) in [4.78, 5) is 24.9. The first-order valence-electron chi connectivity index (χ1n) is 5.02. The Hall–Kier alpha value is -2.04. The zero-order chi connectivity index (χ0) is 11.3. The molecule has 1 aromatic rings. The van der Waals surface area contributed by atoms with Crippen molar-refractivity contribution in [2.24, 2.45) is 0 Å². The number of imide groups is 1. The van der Waals surface area contributed by atoms with Gasteiger partial charge in [-0.25, -0.2) is 0 Å². The van der Waals surface area contributed by atoms with Crippen LogP contribution in [-0.2, 0) is 0 Å². The molecule has 0 aromatic heterocycles. The highest BCUT2D eigenvalue weighted by molar-refractivity contribution is 6.21. The lowest BCUT2D eigenvalue weighted by molar-refractivity contribution is 0.0662. The number of nitrogens with zero attached hydrogens (tertiary/aromatic N) is 1. The fourth-order valence-corrected chi connectivity index (χ4v) is 1.97. The standard InChI is InChI=1S/C11H9NO4/c1-2-12-10(13)6-3-8-9(16-5-15-8)4-7(6)11(12)14/h3-4H,2,5H2,1H3. The van der Waals surface area contributed by atoms with E-state index in [0.717, 1.165) is 0 Å². The molecule has 0 fully saturated rings. The SMILES string of the molecule is CCN1C(=O)c2cc3c(cc2C1=O)OCO3. The van der Waals surface area contributed by atoms with Crippen molar-refractivity contribution in [2.75, 3.05) is 13.3 Å². The monoisotopic (exact) mass is 219 g/mol. The molecule has 5 nitrogen and oxygen atoms in total. The lowest BCUT2D eigenvalue weighted by Crippen LogP contribution is -2.29. The third-order valence-corrected chi connectivity index (χ3v) is 2.78. The van der Waals surface area contributed by atoms with E-state index in [2.05, 4.69) is 0 Å². The summed E-state index contributed by atoms with van der Waals surface area (Å²) in [5.74, 6) is 0.525. The van der Waals surface area contributed by atoms with Gasteiger partial charge < -0.3 is 9.47 Å². The minimum Gasteiger partial charge on any atom is -0.454 e. The quantitative estimate of drug-likeness (QED) is 0.662. The van der Waals surface area contributed by atoms with Crippen LogP contribution in [0.25, 0.3) is 0 Å². The molecule has 2 aliphatic rings. The van der Waals surface area contributed by atoms with Gasteiger partial charge in [-0.05, 0) is 19.1 Å². The molecule has 82 valence electrons. The van der Waals surface area contributed by atoms with Crippen LogP contribution in [0.5, 0.6) is 11.5 Å². The predicted octanol–water partition coefficient (Wildman–Crippen LogP) is 1.03. The van der Waals surface area contributed by atoms with Gasteiger partial charge in [0.05, 0.1) is 11.1 Å². The van der Waals surface area contributed by atoms with E-state index in [9.17, 15) is 9.59 Å². The van der Waals surface area contributed by atoms with Crippen LogP contribution in [0.15, 0.2) is 12.1 Å². The van der Waals surface area contributed by atoms with Gasteiger partial charge in [0, 0.05) is 6.54 Å². The fourth-order valence-electron chi connectivity index (χ4n) is 1.97. The van der Waals surface area contributed by atoms with Gasteiger partial charge in [0.1, 0.15) is 0 Å². The van der Waals surface area contributed by atoms with Crippen LogP contribution in [0.1, 0.15) is 27.6 Å². The maximum absolute atomic E-state index is 11.8. The van der Waals surface area contributed by atoms with E-state index >= 15 is 0 Å². The van der Waals surface area contributed by atoms with E-state index in [0.29, 0.717) is 29.2 Å². The molecule has 2 aliphatic heterocycles. The van der Waals surface area contributed by atoms with Gasteiger partial charge in [-0.1, -0.05) is 0 Å². The van der Waals surface area contributed by atoms with Gasteiger partial charge in [0.25, 0.3) is 11.8 Å². The molecule has 5 heteroatoms. The molecule has 0 radical (unpaired) electrons. The minimum absolute atomic E-state index is 0.137. The molecule has 0 aliphatic carbocycles. The summed E-state index contributed by atoms with van der Waals surface area (Å²) in [5.41, 5.74) is 0.798. The zero-order valence-electron chi connectivity index (χ0n) is 8.65. The van der Waals surface area contributed by atoms with Crippen molar-refractivity contribution >= 4 is 11.8 Å². The fraction of sp³-hybridized carbons (Fsp3) is 0.273.